The molecule has 0 amide bonds. The Morgan fingerprint density at radius 1 is 0.974 bits per heavy atom. The van der Waals surface area contributed by atoms with E-state index in [2.05, 4.69) is 30.3 Å². The lowest BCUT2D eigenvalue weighted by atomic mass is 10.0. The molecule has 198 valence electrons. The van der Waals surface area contributed by atoms with Gasteiger partial charge in [0.05, 0.1) is 19.2 Å². The van der Waals surface area contributed by atoms with Crippen LogP contribution in [0.2, 0.25) is 0 Å². The molecule has 0 unspecified atom stereocenters. The Hall–Kier alpha value is -4.70. The molecule has 0 bridgehead atoms. The number of aromatic nitrogens is 5. The number of phenols is 1. The van der Waals surface area contributed by atoms with E-state index in [4.69, 9.17) is 4.74 Å². The molecule has 3 heterocycles. The second kappa shape index (κ2) is 10.6. The molecule has 39 heavy (non-hydrogen) atoms. The van der Waals surface area contributed by atoms with Crippen LogP contribution in [0.25, 0.3) is 10.9 Å². The van der Waals surface area contributed by atoms with E-state index in [9.17, 15) is 9.90 Å². The zero-order valence-electron chi connectivity index (χ0n) is 21.6. The van der Waals surface area contributed by atoms with Crippen LogP contribution in [0.4, 0.5) is 5.69 Å². The van der Waals surface area contributed by atoms with Crippen molar-refractivity contribution in [3.63, 3.8) is 0 Å². The maximum absolute atomic E-state index is 13.6. The van der Waals surface area contributed by atoms with Gasteiger partial charge < -0.3 is 19.7 Å². The summed E-state index contributed by atoms with van der Waals surface area (Å²) in [5.74, 6) is 1.55. The minimum absolute atomic E-state index is 0.184. The first kappa shape index (κ1) is 24.6. The number of aromatic amines is 1. The third kappa shape index (κ3) is 5.06. The molecule has 1 fully saturated rings. The highest BCUT2D eigenvalue weighted by Crippen LogP contribution is 2.30. The molecule has 10 heteroatoms. The molecule has 0 aliphatic carbocycles. The van der Waals surface area contributed by atoms with Gasteiger partial charge in [-0.25, -0.2) is 4.68 Å². The largest absolute Gasteiger partial charge is 0.508 e. The molecule has 3 aromatic carbocycles. The molecule has 5 aromatic rings. The summed E-state index contributed by atoms with van der Waals surface area (Å²) in [7, 11) is 1.61. The molecule has 2 N–H and O–H groups in total. The highest BCUT2D eigenvalue weighted by molar-refractivity contribution is 5.80. The number of rotatable bonds is 7. The minimum Gasteiger partial charge on any atom is -0.508 e. The number of fused-ring (bicyclic) bond motifs is 1. The molecule has 0 saturated carbocycles. The maximum Gasteiger partial charge on any atom is 0.253 e. The molecule has 1 aliphatic heterocycles. The van der Waals surface area contributed by atoms with E-state index in [1.54, 1.807) is 23.9 Å². The number of anilines is 1. The maximum atomic E-state index is 13.6. The zero-order valence-corrected chi connectivity index (χ0v) is 21.6. The van der Waals surface area contributed by atoms with Crippen molar-refractivity contribution in [2.24, 2.45) is 0 Å². The van der Waals surface area contributed by atoms with Crippen molar-refractivity contribution in [1.82, 2.24) is 30.1 Å². The van der Waals surface area contributed by atoms with Gasteiger partial charge in [-0.2, -0.15) is 0 Å². The van der Waals surface area contributed by atoms with Gasteiger partial charge in [0.15, 0.2) is 5.82 Å². The molecule has 1 saturated heterocycles. The molecule has 1 atom stereocenters. The van der Waals surface area contributed by atoms with Crippen LogP contribution in [-0.4, -0.2) is 68.5 Å². The minimum atomic E-state index is -0.444. The van der Waals surface area contributed by atoms with E-state index in [0.29, 0.717) is 42.3 Å². The van der Waals surface area contributed by atoms with Crippen LogP contribution < -0.4 is 15.2 Å². The topological polar surface area (TPSA) is 112 Å². The smallest absolute Gasteiger partial charge is 0.253 e. The third-order valence-corrected chi connectivity index (χ3v) is 7.25. The summed E-state index contributed by atoms with van der Waals surface area (Å²) >= 11 is 0. The number of hydrogen-bond donors (Lipinski definition) is 2. The summed E-state index contributed by atoms with van der Waals surface area (Å²) in [4.78, 5) is 21.2. The van der Waals surface area contributed by atoms with Gasteiger partial charge in [0.25, 0.3) is 5.56 Å². The summed E-state index contributed by atoms with van der Waals surface area (Å²) in [6, 6.07) is 24.4. The quantitative estimate of drug-likeness (QED) is 0.335. The summed E-state index contributed by atoms with van der Waals surface area (Å²) < 4.78 is 7.12. The molecule has 0 radical (unpaired) electrons. The van der Waals surface area contributed by atoms with Gasteiger partial charge in [-0.3, -0.25) is 9.69 Å². The van der Waals surface area contributed by atoms with Crippen molar-refractivity contribution in [3.8, 4) is 11.5 Å². The fourth-order valence-corrected chi connectivity index (χ4v) is 5.20. The van der Waals surface area contributed by atoms with Crippen LogP contribution in [0.15, 0.2) is 83.7 Å². The van der Waals surface area contributed by atoms with Gasteiger partial charge in [-0.05, 0) is 63.8 Å². The van der Waals surface area contributed by atoms with Crippen LogP contribution in [0, 0.1) is 0 Å². The second-order valence-corrected chi connectivity index (χ2v) is 9.63. The van der Waals surface area contributed by atoms with Crippen LogP contribution in [-0.2, 0) is 6.54 Å². The van der Waals surface area contributed by atoms with Crippen molar-refractivity contribution in [1.29, 1.82) is 0 Å². The summed E-state index contributed by atoms with van der Waals surface area (Å²) in [6.45, 7) is 3.40. The number of ether oxygens (including phenoxy) is 1. The predicted molar refractivity (Wildman–Crippen MR) is 148 cm³/mol. The fourth-order valence-electron chi connectivity index (χ4n) is 5.20. The second-order valence-electron chi connectivity index (χ2n) is 9.63. The summed E-state index contributed by atoms with van der Waals surface area (Å²) in [5, 5.41) is 23.3. The first-order valence-electron chi connectivity index (χ1n) is 12.9. The predicted octanol–water partition coefficient (Wildman–Crippen LogP) is 3.19. The average Bonchev–Trinajstić information content (AvgIpc) is 3.42. The molecule has 0 spiro atoms. The van der Waals surface area contributed by atoms with Crippen molar-refractivity contribution >= 4 is 16.6 Å². The number of piperazine rings is 1. The number of nitrogens with one attached hydrogen (secondary N) is 1. The van der Waals surface area contributed by atoms with Crippen LogP contribution in [0.5, 0.6) is 11.5 Å². The zero-order chi connectivity index (χ0) is 26.8. The number of hydrogen-bond acceptors (Lipinski definition) is 8. The third-order valence-electron chi connectivity index (χ3n) is 7.25. The lowest BCUT2D eigenvalue weighted by molar-refractivity contribution is 0.200. The summed E-state index contributed by atoms with van der Waals surface area (Å²) in [6.07, 6.45) is 0. The van der Waals surface area contributed by atoms with Gasteiger partial charge in [0, 0.05) is 43.5 Å². The van der Waals surface area contributed by atoms with Crippen molar-refractivity contribution in [2.75, 3.05) is 38.2 Å². The highest BCUT2D eigenvalue weighted by Gasteiger charge is 2.33. The number of nitrogens with zero attached hydrogens (tertiary/aromatic N) is 6. The first-order valence-corrected chi connectivity index (χ1v) is 12.9. The lowest BCUT2D eigenvalue weighted by Crippen LogP contribution is -2.49. The Bertz CT molecular complexity index is 1620. The lowest BCUT2D eigenvalue weighted by Gasteiger charge is -2.39. The van der Waals surface area contributed by atoms with E-state index in [1.807, 2.05) is 66.7 Å². The van der Waals surface area contributed by atoms with Crippen molar-refractivity contribution in [3.05, 3.63) is 106 Å². The monoisotopic (exact) mass is 523 g/mol. The Morgan fingerprint density at radius 2 is 1.74 bits per heavy atom. The Morgan fingerprint density at radius 3 is 2.49 bits per heavy atom. The number of aromatic hydroxyl groups is 1. The number of benzene rings is 3. The van der Waals surface area contributed by atoms with Gasteiger partial charge in [-0.1, -0.05) is 30.3 Å². The van der Waals surface area contributed by atoms with Gasteiger partial charge in [-0.15, -0.1) is 5.10 Å². The number of H-pyrrole nitrogens is 1. The molecular formula is C29H29N7O3. The Balaban J connectivity index is 1.38. The standard InChI is InChI=1S/C29H29N7O3/c1-39-24-12-7-21-17-25(29(38)30-26(21)18-24)27(28-31-32-33-36(28)19-20-5-3-2-4-6-20)35-15-13-34(14-16-35)22-8-10-23(37)11-9-22/h2-12,17-18,27,37H,13-16,19H2,1H3,(H,30,38)/t27-/m0/s1. The van der Waals surface area contributed by atoms with E-state index in [1.165, 1.54) is 0 Å². The number of pyridine rings is 1. The number of phenolic OH excluding ortho intramolecular Hbond substituents is 1. The normalized spacial score (nSPS) is 14.9. The van der Waals surface area contributed by atoms with E-state index < -0.39 is 6.04 Å². The van der Waals surface area contributed by atoms with Crippen LogP contribution >= 0.6 is 0 Å². The van der Waals surface area contributed by atoms with Gasteiger partial charge in [0.1, 0.15) is 17.5 Å². The average molecular weight is 524 g/mol. The van der Waals surface area contributed by atoms with Gasteiger partial charge >= 0.3 is 0 Å². The Kier molecular flexibility index (Phi) is 6.68. The Labute approximate surface area is 225 Å². The SMILES string of the molecule is COc1ccc2cc([C@@H](c3nnnn3Cc3ccccc3)N3CCN(c4ccc(O)cc4)CC3)c(=O)[nH]c2c1. The number of tetrazole rings is 1. The fraction of sp³-hybridized carbons (Fsp3) is 0.241. The van der Waals surface area contributed by atoms with Crippen LogP contribution in [0.3, 0.4) is 0 Å². The van der Waals surface area contributed by atoms with E-state index >= 15 is 0 Å². The van der Waals surface area contributed by atoms with E-state index in [0.717, 1.165) is 29.7 Å². The van der Waals surface area contributed by atoms with E-state index in [-0.39, 0.29) is 11.3 Å². The van der Waals surface area contributed by atoms with Crippen molar-refractivity contribution in [2.45, 2.75) is 12.6 Å². The van der Waals surface area contributed by atoms with Gasteiger partial charge in [0.2, 0.25) is 0 Å². The molecular weight excluding hydrogens is 494 g/mol. The summed E-state index contributed by atoms with van der Waals surface area (Å²) in [5.41, 5.74) is 3.24. The van der Waals surface area contributed by atoms with Crippen molar-refractivity contribution < 1.29 is 9.84 Å². The highest BCUT2D eigenvalue weighted by atomic mass is 16.5. The molecule has 10 nitrogen and oxygen atoms in total. The number of methoxy groups -OCH3 is 1. The molecule has 1 aliphatic rings. The molecule has 2 aromatic heterocycles. The molecule has 6 rings (SSSR count). The van der Waals surface area contributed by atoms with Crippen LogP contribution in [0.1, 0.15) is 23.0 Å². The first-order chi connectivity index (χ1) is 19.1.